The van der Waals surface area contributed by atoms with Gasteiger partial charge in [-0.15, -0.1) is 0 Å². The summed E-state index contributed by atoms with van der Waals surface area (Å²) < 4.78 is 12.6. The predicted molar refractivity (Wildman–Crippen MR) is 131 cm³/mol. The van der Waals surface area contributed by atoms with Gasteiger partial charge in [-0.3, -0.25) is 4.79 Å². The number of ether oxygens (including phenoxy) is 2. The van der Waals surface area contributed by atoms with Crippen molar-refractivity contribution in [1.82, 2.24) is 5.09 Å². The zero-order valence-electron chi connectivity index (χ0n) is 18.8. The number of anilines is 2. The van der Waals surface area contributed by atoms with Gasteiger partial charge in [0.05, 0.1) is 5.56 Å². The van der Waals surface area contributed by atoms with Crippen LogP contribution in [-0.4, -0.2) is 40.1 Å². The molecule has 1 spiro atoms. The molecule has 2 aliphatic heterocycles. The van der Waals surface area contributed by atoms with E-state index in [0.717, 1.165) is 11.4 Å². The normalized spacial score (nSPS) is 14.5. The SMILES string of the molecule is CN(C)c1ccc2c(c1)Oc1cc(N(C)C)ccc1C21OC(=O)c2ccc(C(=O)NP)cc21. The first-order chi connectivity index (χ1) is 15.8. The molecule has 3 aromatic rings. The van der Waals surface area contributed by atoms with Crippen molar-refractivity contribution in [2.24, 2.45) is 0 Å². The van der Waals surface area contributed by atoms with Crippen molar-refractivity contribution in [2.45, 2.75) is 5.60 Å². The van der Waals surface area contributed by atoms with Gasteiger partial charge in [-0.2, -0.15) is 0 Å². The minimum Gasteiger partial charge on any atom is -0.456 e. The zero-order valence-corrected chi connectivity index (χ0v) is 20.0. The average Bonchev–Trinajstić information content (AvgIpc) is 3.10. The highest BCUT2D eigenvalue weighted by atomic mass is 31.0. The molecule has 5 rings (SSSR count). The second-order valence-electron chi connectivity index (χ2n) is 8.56. The maximum absolute atomic E-state index is 13.1. The van der Waals surface area contributed by atoms with Gasteiger partial charge in [-0.05, 0) is 51.9 Å². The van der Waals surface area contributed by atoms with Gasteiger partial charge in [-0.25, -0.2) is 4.79 Å². The Bertz CT molecular complexity index is 1260. The van der Waals surface area contributed by atoms with Gasteiger partial charge in [0.15, 0.2) is 5.60 Å². The zero-order chi connectivity index (χ0) is 23.5. The quantitative estimate of drug-likeness (QED) is 0.471. The molecule has 0 aliphatic carbocycles. The molecule has 168 valence electrons. The lowest BCUT2D eigenvalue weighted by atomic mass is 9.77. The number of carbonyl (C=O) groups excluding carboxylic acids is 2. The standard InChI is InChI=1S/C25H24N3O4P/c1-27(2)15-6-9-18-21(12-15)31-22-13-16(28(3)4)7-10-19(22)25(18)20-11-14(23(29)26-33)5-8-17(20)24(30)32-25/h5-13H,33H2,1-4H3,(H,26,29). The number of benzene rings is 3. The molecular formula is C25H24N3O4P. The van der Waals surface area contributed by atoms with Gasteiger partial charge in [0, 0.05) is 74.0 Å². The van der Waals surface area contributed by atoms with Crippen LogP contribution < -0.4 is 19.6 Å². The third-order valence-corrected chi connectivity index (χ3v) is 6.46. The maximum atomic E-state index is 13.1. The molecule has 7 nitrogen and oxygen atoms in total. The van der Waals surface area contributed by atoms with Crippen molar-refractivity contribution in [3.63, 3.8) is 0 Å². The molecule has 33 heavy (non-hydrogen) atoms. The summed E-state index contributed by atoms with van der Waals surface area (Å²) in [5.41, 5.74) is 3.62. The second-order valence-corrected chi connectivity index (χ2v) is 8.85. The fourth-order valence-electron chi connectivity index (χ4n) is 4.48. The smallest absolute Gasteiger partial charge is 0.340 e. The first-order valence-corrected chi connectivity index (χ1v) is 11.0. The molecule has 0 fully saturated rings. The Labute approximate surface area is 194 Å². The number of carbonyl (C=O) groups is 2. The summed E-state index contributed by atoms with van der Waals surface area (Å²) in [5.74, 6) is 0.503. The van der Waals surface area contributed by atoms with Gasteiger partial charge in [0.25, 0.3) is 5.91 Å². The molecule has 2 aliphatic rings. The van der Waals surface area contributed by atoms with E-state index in [1.54, 1.807) is 18.2 Å². The van der Waals surface area contributed by atoms with Crippen molar-refractivity contribution in [2.75, 3.05) is 38.0 Å². The monoisotopic (exact) mass is 461 g/mol. The molecule has 0 saturated heterocycles. The topological polar surface area (TPSA) is 71.1 Å². The van der Waals surface area contributed by atoms with Crippen molar-refractivity contribution in [3.8, 4) is 11.5 Å². The lowest BCUT2D eigenvalue weighted by molar-refractivity contribution is 0.0224. The van der Waals surface area contributed by atoms with Crippen LogP contribution in [-0.2, 0) is 10.3 Å². The highest BCUT2D eigenvalue weighted by molar-refractivity contribution is 7.15. The summed E-state index contributed by atoms with van der Waals surface area (Å²) in [6, 6.07) is 16.7. The van der Waals surface area contributed by atoms with E-state index in [1.807, 2.05) is 74.4 Å². The minimum absolute atomic E-state index is 0.268. The molecule has 3 aromatic carbocycles. The van der Waals surface area contributed by atoms with E-state index in [2.05, 4.69) is 14.5 Å². The first-order valence-electron chi connectivity index (χ1n) is 10.5. The number of nitrogens with one attached hydrogen (secondary N) is 1. The lowest BCUT2D eigenvalue weighted by Crippen LogP contribution is -2.33. The van der Waals surface area contributed by atoms with Crippen molar-refractivity contribution in [3.05, 3.63) is 82.4 Å². The maximum Gasteiger partial charge on any atom is 0.340 e. The molecule has 0 aromatic heterocycles. The van der Waals surface area contributed by atoms with Crippen molar-refractivity contribution >= 4 is 32.6 Å². The Morgan fingerprint density at radius 2 is 1.42 bits per heavy atom. The molecular weight excluding hydrogens is 437 g/mol. The molecule has 8 heteroatoms. The number of amides is 1. The molecule has 1 atom stereocenters. The summed E-state index contributed by atoms with van der Waals surface area (Å²) in [5, 5.41) is 2.57. The average molecular weight is 461 g/mol. The number of rotatable bonds is 3. The van der Waals surface area contributed by atoms with Crippen LogP contribution in [0.1, 0.15) is 37.4 Å². The number of fused-ring (bicyclic) bond motifs is 6. The van der Waals surface area contributed by atoms with Gasteiger partial charge in [-0.1, -0.05) is 0 Å². The number of esters is 1. The molecule has 1 N–H and O–H groups in total. The second kappa shape index (κ2) is 7.49. The van der Waals surface area contributed by atoms with E-state index >= 15 is 0 Å². The van der Waals surface area contributed by atoms with Crippen molar-refractivity contribution < 1.29 is 19.1 Å². The van der Waals surface area contributed by atoms with E-state index in [-0.39, 0.29) is 5.91 Å². The van der Waals surface area contributed by atoms with E-state index in [4.69, 9.17) is 9.47 Å². The highest BCUT2D eigenvalue weighted by Gasteiger charge is 2.53. The van der Waals surface area contributed by atoms with Crippen LogP contribution >= 0.6 is 9.39 Å². The Morgan fingerprint density at radius 1 is 0.848 bits per heavy atom. The first kappa shape index (κ1) is 21.3. The summed E-state index contributed by atoms with van der Waals surface area (Å²) >= 11 is 0. The third kappa shape index (κ3) is 3.07. The van der Waals surface area contributed by atoms with Crippen LogP contribution in [0.3, 0.4) is 0 Å². The molecule has 2 heterocycles. The predicted octanol–water partition coefficient (Wildman–Crippen LogP) is 3.91. The number of hydrogen-bond donors (Lipinski definition) is 1. The van der Waals surface area contributed by atoms with Crippen LogP contribution in [0.2, 0.25) is 0 Å². The third-order valence-electron chi connectivity index (χ3n) is 6.20. The summed E-state index contributed by atoms with van der Waals surface area (Å²) in [6.07, 6.45) is 0. The Morgan fingerprint density at radius 3 is 1.94 bits per heavy atom. The van der Waals surface area contributed by atoms with E-state index < -0.39 is 11.6 Å². The van der Waals surface area contributed by atoms with E-state index in [0.29, 0.717) is 39.3 Å². The number of hydrogen-bond acceptors (Lipinski definition) is 6. The van der Waals surface area contributed by atoms with E-state index in [9.17, 15) is 9.59 Å². The molecule has 0 bridgehead atoms. The molecule has 1 unspecified atom stereocenters. The Kier molecular flexibility index (Phi) is 4.83. The van der Waals surface area contributed by atoms with Gasteiger partial charge in [0.1, 0.15) is 11.5 Å². The van der Waals surface area contributed by atoms with Crippen LogP contribution in [0.25, 0.3) is 0 Å². The molecule has 0 radical (unpaired) electrons. The fourth-order valence-corrected chi connectivity index (χ4v) is 4.65. The minimum atomic E-state index is -1.22. The van der Waals surface area contributed by atoms with Crippen LogP contribution in [0, 0.1) is 0 Å². The summed E-state index contributed by atoms with van der Waals surface area (Å²) in [4.78, 5) is 29.4. The summed E-state index contributed by atoms with van der Waals surface area (Å²) in [7, 11) is 10.0. The van der Waals surface area contributed by atoms with Gasteiger partial charge < -0.3 is 24.4 Å². The van der Waals surface area contributed by atoms with Crippen LogP contribution in [0.5, 0.6) is 11.5 Å². The van der Waals surface area contributed by atoms with Crippen LogP contribution in [0.15, 0.2) is 54.6 Å². The van der Waals surface area contributed by atoms with Crippen LogP contribution in [0.4, 0.5) is 11.4 Å². The highest BCUT2D eigenvalue weighted by Crippen LogP contribution is 2.57. The fraction of sp³-hybridized carbons (Fsp3) is 0.200. The van der Waals surface area contributed by atoms with Crippen molar-refractivity contribution in [1.29, 1.82) is 0 Å². The molecule has 0 saturated carbocycles. The largest absolute Gasteiger partial charge is 0.456 e. The van der Waals surface area contributed by atoms with Gasteiger partial charge in [0.2, 0.25) is 0 Å². The number of nitrogens with zero attached hydrogens (tertiary/aromatic N) is 2. The molecule has 1 amide bonds. The summed E-state index contributed by atoms with van der Waals surface area (Å²) in [6.45, 7) is 0. The van der Waals surface area contributed by atoms with E-state index in [1.165, 1.54) is 0 Å². The Hall–Kier alpha value is -3.57. The lowest BCUT2D eigenvalue weighted by Gasteiger charge is -2.37. The van der Waals surface area contributed by atoms with Gasteiger partial charge >= 0.3 is 5.97 Å². The Balaban J connectivity index is 1.83.